The van der Waals surface area contributed by atoms with Gasteiger partial charge in [0.2, 0.25) is 0 Å². The Morgan fingerprint density at radius 2 is 2.17 bits per heavy atom. The van der Waals surface area contributed by atoms with Crippen molar-refractivity contribution in [1.29, 1.82) is 0 Å². The second-order valence-electron chi connectivity index (χ2n) is 4.21. The summed E-state index contributed by atoms with van der Waals surface area (Å²) in [7, 11) is -0.832. The monoisotopic (exact) mass is 332 g/mol. The first-order valence-corrected chi connectivity index (χ1v) is 8.07. The third-order valence-electron chi connectivity index (χ3n) is 2.40. The summed E-state index contributed by atoms with van der Waals surface area (Å²) in [5.41, 5.74) is 6.73. The predicted octanol–water partition coefficient (Wildman–Crippen LogP) is 1.92. The molecule has 100 valence electrons. The van der Waals surface area contributed by atoms with Crippen molar-refractivity contribution in [2.45, 2.75) is 19.4 Å². The summed E-state index contributed by atoms with van der Waals surface area (Å²) in [4.78, 5) is 11.9. The predicted molar refractivity (Wildman–Crippen MR) is 79.0 cm³/mol. The fourth-order valence-electron chi connectivity index (χ4n) is 1.47. The Bertz CT molecular complexity index is 445. The molecular formula is C12H17BrN2O2S. The van der Waals surface area contributed by atoms with Crippen LogP contribution in [0.15, 0.2) is 22.7 Å². The molecule has 0 radical (unpaired) electrons. The van der Waals surface area contributed by atoms with Crippen molar-refractivity contribution < 1.29 is 9.00 Å². The van der Waals surface area contributed by atoms with Crippen LogP contribution < -0.4 is 11.1 Å². The number of hydrogen-bond donors (Lipinski definition) is 2. The zero-order valence-electron chi connectivity index (χ0n) is 10.4. The molecule has 0 spiro atoms. The van der Waals surface area contributed by atoms with Gasteiger partial charge in [0.05, 0.1) is 0 Å². The Morgan fingerprint density at radius 3 is 2.72 bits per heavy atom. The van der Waals surface area contributed by atoms with Crippen molar-refractivity contribution in [3.63, 3.8) is 0 Å². The van der Waals surface area contributed by atoms with Crippen LogP contribution in [0.5, 0.6) is 0 Å². The SMILES string of the molecule is CC(CCS(C)=O)NC(=O)c1cc(N)cc(Br)c1. The van der Waals surface area contributed by atoms with Crippen LogP contribution in [0.4, 0.5) is 5.69 Å². The van der Waals surface area contributed by atoms with E-state index < -0.39 is 10.8 Å². The topological polar surface area (TPSA) is 72.2 Å². The molecule has 0 aliphatic rings. The van der Waals surface area contributed by atoms with Crippen molar-refractivity contribution in [3.05, 3.63) is 28.2 Å². The Balaban J connectivity index is 2.61. The average molecular weight is 333 g/mol. The molecule has 0 saturated heterocycles. The van der Waals surface area contributed by atoms with E-state index in [0.717, 1.165) is 4.47 Å². The molecule has 0 fully saturated rings. The summed E-state index contributed by atoms with van der Waals surface area (Å²) in [5.74, 6) is 0.416. The summed E-state index contributed by atoms with van der Waals surface area (Å²) in [5, 5.41) is 2.86. The zero-order chi connectivity index (χ0) is 13.7. The molecule has 0 heterocycles. The highest BCUT2D eigenvalue weighted by molar-refractivity contribution is 9.10. The van der Waals surface area contributed by atoms with E-state index in [2.05, 4.69) is 21.2 Å². The lowest BCUT2D eigenvalue weighted by Gasteiger charge is -2.13. The summed E-state index contributed by atoms with van der Waals surface area (Å²) in [6.45, 7) is 1.89. The van der Waals surface area contributed by atoms with E-state index in [9.17, 15) is 9.00 Å². The highest BCUT2D eigenvalue weighted by atomic mass is 79.9. The summed E-state index contributed by atoms with van der Waals surface area (Å²) in [6, 6.07) is 5.07. The standard InChI is InChI=1S/C12H17BrN2O2S/c1-8(3-4-18(2)17)15-12(16)9-5-10(13)7-11(14)6-9/h5-8H,3-4,14H2,1-2H3,(H,15,16). The van der Waals surface area contributed by atoms with E-state index in [0.29, 0.717) is 23.4 Å². The van der Waals surface area contributed by atoms with E-state index in [1.165, 1.54) is 0 Å². The van der Waals surface area contributed by atoms with Crippen LogP contribution in [-0.4, -0.2) is 28.2 Å². The lowest BCUT2D eigenvalue weighted by atomic mass is 10.1. The van der Waals surface area contributed by atoms with Gasteiger partial charge in [0.1, 0.15) is 0 Å². The molecule has 1 amide bonds. The van der Waals surface area contributed by atoms with Gasteiger partial charge in [0.15, 0.2) is 0 Å². The highest BCUT2D eigenvalue weighted by Crippen LogP contribution is 2.17. The number of hydrogen-bond acceptors (Lipinski definition) is 3. The smallest absolute Gasteiger partial charge is 0.251 e. The van der Waals surface area contributed by atoms with Gasteiger partial charge in [-0.05, 0) is 31.5 Å². The maximum Gasteiger partial charge on any atom is 0.251 e. The lowest BCUT2D eigenvalue weighted by molar-refractivity contribution is 0.0939. The van der Waals surface area contributed by atoms with Gasteiger partial charge in [-0.2, -0.15) is 0 Å². The molecule has 2 unspecified atom stereocenters. The first-order chi connectivity index (χ1) is 8.38. The van der Waals surface area contributed by atoms with Gasteiger partial charge in [0.25, 0.3) is 5.91 Å². The molecule has 0 aliphatic heterocycles. The first-order valence-electron chi connectivity index (χ1n) is 5.55. The van der Waals surface area contributed by atoms with E-state index in [1.54, 1.807) is 24.5 Å². The fraction of sp³-hybridized carbons (Fsp3) is 0.417. The molecule has 1 rings (SSSR count). The number of carbonyl (C=O) groups excluding carboxylic acids is 1. The van der Waals surface area contributed by atoms with Gasteiger partial charge in [-0.15, -0.1) is 0 Å². The molecule has 3 N–H and O–H groups in total. The van der Waals surface area contributed by atoms with E-state index in [1.807, 2.05) is 6.92 Å². The molecule has 2 atom stereocenters. The molecule has 1 aromatic rings. The number of nitrogen functional groups attached to an aromatic ring is 1. The van der Waals surface area contributed by atoms with Crippen molar-refractivity contribution in [2.24, 2.45) is 0 Å². The molecule has 1 aromatic carbocycles. The van der Waals surface area contributed by atoms with Crippen LogP contribution in [-0.2, 0) is 10.8 Å². The molecule has 0 aromatic heterocycles. The Morgan fingerprint density at radius 1 is 1.50 bits per heavy atom. The second-order valence-corrected chi connectivity index (χ2v) is 6.68. The molecule has 0 bridgehead atoms. The molecule has 0 saturated carbocycles. The fourth-order valence-corrected chi connectivity index (χ4v) is 2.66. The summed E-state index contributed by atoms with van der Waals surface area (Å²) in [6.07, 6.45) is 2.35. The number of halogens is 1. The number of nitrogens with two attached hydrogens (primary N) is 1. The Hall–Kier alpha value is -0.880. The van der Waals surface area contributed by atoms with Crippen LogP contribution in [0.1, 0.15) is 23.7 Å². The highest BCUT2D eigenvalue weighted by Gasteiger charge is 2.11. The summed E-state index contributed by atoms with van der Waals surface area (Å²) < 4.78 is 11.7. The molecule has 6 heteroatoms. The average Bonchev–Trinajstić information content (AvgIpc) is 2.25. The quantitative estimate of drug-likeness (QED) is 0.809. The van der Waals surface area contributed by atoms with Crippen molar-refractivity contribution in [3.8, 4) is 0 Å². The summed E-state index contributed by atoms with van der Waals surface area (Å²) >= 11 is 3.30. The lowest BCUT2D eigenvalue weighted by Crippen LogP contribution is -2.33. The van der Waals surface area contributed by atoms with Crippen LogP contribution in [0.2, 0.25) is 0 Å². The first kappa shape index (κ1) is 15.2. The third kappa shape index (κ3) is 5.18. The Labute approximate surface area is 118 Å². The zero-order valence-corrected chi connectivity index (χ0v) is 12.8. The van der Waals surface area contributed by atoms with Gasteiger partial charge in [0, 0.05) is 44.6 Å². The third-order valence-corrected chi connectivity index (χ3v) is 3.67. The van der Waals surface area contributed by atoms with Gasteiger partial charge < -0.3 is 11.1 Å². The van der Waals surface area contributed by atoms with Crippen LogP contribution in [0, 0.1) is 0 Å². The number of rotatable bonds is 5. The number of anilines is 1. The van der Waals surface area contributed by atoms with Gasteiger partial charge >= 0.3 is 0 Å². The number of benzene rings is 1. The largest absolute Gasteiger partial charge is 0.399 e. The van der Waals surface area contributed by atoms with Crippen LogP contribution >= 0.6 is 15.9 Å². The van der Waals surface area contributed by atoms with Crippen molar-refractivity contribution in [1.82, 2.24) is 5.32 Å². The number of carbonyl (C=O) groups is 1. The van der Waals surface area contributed by atoms with Crippen molar-refractivity contribution >= 4 is 38.3 Å². The van der Waals surface area contributed by atoms with Gasteiger partial charge in [-0.1, -0.05) is 15.9 Å². The van der Waals surface area contributed by atoms with Crippen LogP contribution in [0.3, 0.4) is 0 Å². The second kappa shape index (κ2) is 6.89. The van der Waals surface area contributed by atoms with Crippen LogP contribution in [0.25, 0.3) is 0 Å². The number of nitrogens with one attached hydrogen (secondary N) is 1. The molecular weight excluding hydrogens is 316 g/mol. The minimum Gasteiger partial charge on any atom is -0.399 e. The van der Waals surface area contributed by atoms with Crippen molar-refractivity contribution in [2.75, 3.05) is 17.7 Å². The molecule has 18 heavy (non-hydrogen) atoms. The van der Waals surface area contributed by atoms with Gasteiger partial charge in [-0.3, -0.25) is 9.00 Å². The molecule has 4 nitrogen and oxygen atoms in total. The number of amides is 1. The van der Waals surface area contributed by atoms with E-state index in [-0.39, 0.29) is 11.9 Å². The van der Waals surface area contributed by atoms with E-state index in [4.69, 9.17) is 5.73 Å². The minimum absolute atomic E-state index is 0.0124. The maximum atomic E-state index is 11.9. The van der Waals surface area contributed by atoms with Gasteiger partial charge in [-0.25, -0.2) is 0 Å². The normalized spacial score (nSPS) is 13.9. The maximum absolute atomic E-state index is 11.9. The molecule has 0 aliphatic carbocycles. The minimum atomic E-state index is -0.832. The van der Waals surface area contributed by atoms with E-state index >= 15 is 0 Å². The Kier molecular flexibility index (Phi) is 5.81.